The highest BCUT2D eigenvalue weighted by Gasteiger charge is 2.37. The van der Waals surface area contributed by atoms with E-state index in [2.05, 4.69) is 27.6 Å². The molecule has 40 heavy (non-hydrogen) atoms. The highest BCUT2D eigenvalue weighted by molar-refractivity contribution is 7.51. The van der Waals surface area contributed by atoms with Gasteiger partial charge in [-0.15, -0.1) is 0 Å². The van der Waals surface area contributed by atoms with Crippen molar-refractivity contribution in [3.63, 3.8) is 0 Å². The number of rotatable bonds is 9. The summed E-state index contributed by atoms with van der Waals surface area (Å²) in [5.41, 5.74) is -1.43. The number of carbonyl (C=O) groups is 1. The first-order valence-corrected chi connectivity index (χ1v) is 13.7. The van der Waals surface area contributed by atoms with Gasteiger partial charge in [0.05, 0.1) is 35.4 Å². The van der Waals surface area contributed by atoms with Gasteiger partial charge in [-0.1, -0.05) is 18.5 Å². The van der Waals surface area contributed by atoms with Gasteiger partial charge in [-0.3, -0.25) is 9.48 Å². The van der Waals surface area contributed by atoms with Gasteiger partial charge in [-0.05, 0) is 52.4 Å². The summed E-state index contributed by atoms with van der Waals surface area (Å²) in [4.78, 5) is 17.2. The van der Waals surface area contributed by atoms with Gasteiger partial charge in [0.25, 0.3) is 5.91 Å². The number of aromatic nitrogens is 3. The van der Waals surface area contributed by atoms with Crippen LogP contribution in [0.4, 0.5) is 19.0 Å². The highest BCUT2D eigenvalue weighted by atomic mass is 35.5. The molecule has 0 radical (unpaired) electrons. The molecule has 1 fully saturated rings. The molecular formula is C25H35ClF3N5O5S. The first kappa shape index (κ1) is 33.5. The van der Waals surface area contributed by atoms with Crippen LogP contribution in [0.2, 0.25) is 5.02 Å². The molecule has 10 nitrogen and oxygen atoms in total. The van der Waals surface area contributed by atoms with Gasteiger partial charge in [-0.2, -0.15) is 26.7 Å². The van der Waals surface area contributed by atoms with Crippen LogP contribution in [0, 0.1) is 5.92 Å². The normalized spacial score (nSPS) is 19.3. The zero-order valence-corrected chi connectivity index (χ0v) is 24.6. The number of amides is 1. The minimum absolute atomic E-state index is 0.00172. The monoisotopic (exact) mass is 609 g/mol. The van der Waals surface area contributed by atoms with E-state index in [4.69, 9.17) is 24.8 Å². The summed E-state index contributed by atoms with van der Waals surface area (Å²) in [5.74, 6) is 0.537. The average molecular weight is 610 g/mol. The number of carbonyl (C=O) groups excluding carboxylic acids is 1. The lowest BCUT2D eigenvalue weighted by Crippen LogP contribution is -2.45. The maximum atomic E-state index is 13.0. The van der Waals surface area contributed by atoms with Gasteiger partial charge in [0.1, 0.15) is 11.6 Å². The van der Waals surface area contributed by atoms with E-state index in [1.165, 1.54) is 37.9 Å². The molecule has 15 heteroatoms. The SMILES string of the molecule is CCn1nc(C(=O)NCC2(O)CCC(C)CC2)c(Cl)c1-c1cnc(NC(C)(C)CC(F)(F)F)cc1OC.O=S=O. The number of pyridine rings is 1. The molecule has 2 heterocycles. The van der Waals surface area contributed by atoms with Crippen LogP contribution in [0.25, 0.3) is 11.3 Å². The number of halogens is 4. The molecule has 0 bridgehead atoms. The van der Waals surface area contributed by atoms with Crippen molar-refractivity contribution in [1.29, 1.82) is 0 Å². The van der Waals surface area contributed by atoms with E-state index in [9.17, 15) is 23.1 Å². The minimum atomic E-state index is -4.34. The molecule has 0 unspecified atom stereocenters. The van der Waals surface area contributed by atoms with Crippen LogP contribution in [-0.4, -0.2) is 65.2 Å². The lowest BCUT2D eigenvalue weighted by molar-refractivity contribution is -0.142. The van der Waals surface area contributed by atoms with Crippen LogP contribution < -0.4 is 15.4 Å². The van der Waals surface area contributed by atoms with Crippen molar-refractivity contribution >= 4 is 34.9 Å². The summed E-state index contributed by atoms with van der Waals surface area (Å²) in [6.45, 7) is 7.32. The molecule has 0 spiro atoms. The Morgan fingerprint density at radius 1 is 1.30 bits per heavy atom. The number of nitrogens with zero attached hydrogens (tertiary/aromatic N) is 3. The van der Waals surface area contributed by atoms with E-state index in [1.54, 1.807) is 0 Å². The van der Waals surface area contributed by atoms with Crippen molar-refractivity contribution in [3.8, 4) is 17.0 Å². The summed E-state index contributed by atoms with van der Waals surface area (Å²) in [5, 5.41) is 20.8. The van der Waals surface area contributed by atoms with Crippen molar-refractivity contribution in [2.75, 3.05) is 19.0 Å². The zero-order chi connectivity index (χ0) is 30.3. The Balaban J connectivity index is 0.00000178. The summed E-state index contributed by atoms with van der Waals surface area (Å²) < 4.78 is 62.4. The van der Waals surface area contributed by atoms with E-state index >= 15 is 0 Å². The van der Waals surface area contributed by atoms with E-state index in [0.29, 0.717) is 42.3 Å². The molecule has 0 saturated heterocycles. The van der Waals surface area contributed by atoms with Crippen molar-refractivity contribution in [1.82, 2.24) is 20.1 Å². The van der Waals surface area contributed by atoms with Crippen molar-refractivity contribution in [2.24, 2.45) is 5.92 Å². The Labute approximate surface area is 239 Å². The highest BCUT2D eigenvalue weighted by Crippen LogP contribution is 2.38. The molecule has 0 aromatic carbocycles. The fourth-order valence-corrected chi connectivity index (χ4v) is 4.94. The molecule has 1 aliphatic carbocycles. The minimum Gasteiger partial charge on any atom is -0.496 e. The Hall–Kier alpha value is -2.71. The lowest BCUT2D eigenvalue weighted by Gasteiger charge is -2.34. The number of hydrogen-bond acceptors (Lipinski definition) is 8. The van der Waals surface area contributed by atoms with Crippen LogP contribution in [-0.2, 0) is 18.1 Å². The number of nitrogens with one attached hydrogen (secondary N) is 2. The fraction of sp³-hybridized carbons (Fsp3) is 0.640. The summed E-state index contributed by atoms with van der Waals surface area (Å²) in [6.07, 6.45) is -0.955. The first-order chi connectivity index (χ1) is 18.6. The maximum Gasteiger partial charge on any atom is 0.391 e. The summed E-state index contributed by atoms with van der Waals surface area (Å²) in [6, 6.07) is 1.48. The Kier molecular flexibility index (Phi) is 11.5. The Bertz CT molecular complexity index is 1210. The number of anilines is 1. The van der Waals surface area contributed by atoms with Crippen LogP contribution in [0.15, 0.2) is 12.3 Å². The van der Waals surface area contributed by atoms with Crippen LogP contribution in [0.1, 0.15) is 70.3 Å². The molecular weight excluding hydrogens is 575 g/mol. The molecule has 2 aromatic heterocycles. The zero-order valence-electron chi connectivity index (χ0n) is 23.0. The van der Waals surface area contributed by atoms with Crippen molar-refractivity contribution in [2.45, 2.75) is 83.7 Å². The third-order valence-electron chi connectivity index (χ3n) is 6.64. The number of alkyl halides is 3. The van der Waals surface area contributed by atoms with Gasteiger partial charge in [0, 0.05) is 30.9 Å². The van der Waals surface area contributed by atoms with Gasteiger partial charge in [0.15, 0.2) is 5.69 Å². The van der Waals surface area contributed by atoms with Crippen LogP contribution >= 0.6 is 11.6 Å². The maximum absolute atomic E-state index is 13.0. The number of aryl methyl sites for hydroxylation is 1. The van der Waals surface area contributed by atoms with E-state index < -0.39 is 41.2 Å². The van der Waals surface area contributed by atoms with Gasteiger partial charge < -0.3 is 20.5 Å². The Morgan fingerprint density at radius 2 is 1.90 bits per heavy atom. The third kappa shape index (κ3) is 9.16. The smallest absolute Gasteiger partial charge is 0.391 e. The topological polar surface area (TPSA) is 135 Å². The Morgan fingerprint density at radius 3 is 2.42 bits per heavy atom. The third-order valence-corrected chi connectivity index (χ3v) is 7.00. The standard InChI is InChI=1S/C25H35ClF3N5O3.O2S/c1-6-34-21(16-12-30-18(11-17(16)37-5)32-23(3,4)13-25(27,28)29)19(26)20(33-34)22(35)31-14-24(36)9-7-15(2)8-10-24;1-3-2/h11-12,15,36H,6-10,13-14H2,1-5H3,(H,30,32)(H,31,35);. The predicted molar refractivity (Wildman–Crippen MR) is 145 cm³/mol. The quantitative estimate of drug-likeness (QED) is 0.370. The van der Waals surface area contributed by atoms with Gasteiger partial charge in [-0.25, -0.2) is 4.98 Å². The van der Waals surface area contributed by atoms with E-state index in [-0.39, 0.29) is 23.1 Å². The average Bonchev–Trinajstić information content (AvgIpc) is 3.19. The van der Waals surface area contributed by atoms with Crippen LogP contribution in [0.3, 0.4) is 0 Å². The lowest BCUT2D eigenvalue weighted by atomic mass is 9.79. The molecule has 1 saturated carbocycles. The molecule has 1 amide bonds. The predicted octanol–water partition coefficient (Wildman–Crippen LogP) is 4.77. The molecule has 1 aliphatic rings. The second-order valence-corrected chi connectivity index (χ2v) is 11.1. The largest absolute Gasteiger partial charge is 0.496 e. The van der Waals surface area contributed by atoms with Crippen molar-refractivity contribution in [3.05, 3.63) is 23.0 Å². The second-order valence-electron chi connectivity index (χ2n) is 10.6. The first-order valence-electron chi connectivity index (χ1n) is 12.7. The fourth-order valence-electron chi connectivity index (χ4n) is 4.62. The molecule has 2 aromatic rings. The number of hydrogen-bond donors (Lipinski definition) is 3. The molecule has 224 valence electrons. The van der Waals surface area contributed by atoms with Crippen molar-refractivity contribution < 1.29 is 36.2 Å². The van der Waals surface area contributed by atoms with Gasteiger partial charge in [0.2, 0.25) is 0 Å². The van der Waals surface area contributed by atoms with Gasteiger partial charge >= 0.3 is 17.7 Å². The van der Waals surface area contributed by atoms with E-state index in [1.807, 2.05) is 6.92 Å². The molecule has 0 aliphatic heterocycles. The number of methoxy groups -OCH3 is 1. The summed E-state index contributed by atoms with van der Waals surface area (Å²) >= 11 is 5.88. The number of aliphatic hydroxyl groups is 1. The molecule has 0 atom stereocenters. The molecule has 3 N–H and O–H groups in total. The molecule has 3 rings (SSSR count). The number of ether oxygens (including phenoxy) is 1. The van der Waals surface area contributed by atoms with Crippen LogP contribution in [0.5, 0.6) is 5.75 Å². The second kappa shape index (κ2) is 13.8. The summed E-state index contributed by atoms with van der Waals surface area (Å²) in [7, 11) is 1.42. The van der Waals surface area contributed by atoms with E-state index in [0.717, 1.165) is 12.8 Å².